The lowest BCUT2D eigenvalue weighted by molar-refractivity contribution is 0.541. The van der Waals surface area contributed by atoms with Crippen LogP contribution in [0.3, 0.4) is 0 Å². The molecule has 1 aliphatic rings. The Morgan fingerprint density at radius 3 is 2.62 bits per heavy atom. The number of rotatable bonds is 3. The van der Waals surface area contributed by atoms with Crippen LogP contribution in [0.15, 0.2) is 29.7 Å². The Morgan fingerprint density at radius 1 is 1.29 bits per heavy atom. The van der Waals surface area contributed by atoms with Crippen LogP contribution in [-0.4, -0.2) is 17.1 Å². The third-order valence-electron chi connectivity index (χ3n) is 4.11. The molecule has 0 spiro atoms. The van der Waals surface area contributed by atoms with Crippen molar-refractivity contribution >= 4 is 40.1 Å². The van der Waals surface area contributed by atoms with Gasteiger partial charge < -0.3 is 0 Å². The minimum Gasteiger partial charge on any atom is -0.254 e. The van der Waals surface area contributed by atoms with E-state index < -0.39 is 0 Å². The third kappa shape index (κ3) is 3.49. The zero-order valence-electron chi connectivity index (χ0n) is 13.2. The number of nitrogens with zero attached hydrogens (tertiary/aromatic N) is 2. The third-order valence-corrected chi connectivity index (χ3v) is 5.54. The molecule has 1 fully saturated rings. The van der Waals surface area contributed by atoms with Gasteiger partial charge in [0.2, 0.25) is 0 Å². The molecular formula is C17H16Cl2N4S. The summed E-state index contributed by atoms with van der Waals surface area (Å²) in [4.78, 5) is 4.59. The van der Waals surface area contributed by atoms with Crippen LogP contribution in [0.5, 0.6) is 0 Å². The van der Waals surface area contributed by atoms with Gasteiger partial charge in [-0.15, -0.1) is 11.3 Å². The van der Waals surface area contributed by atoms with Crippen molar-refractivity contribution in [1.29, 1.82) is 5.26 Å². The number of thiazole rings is 1. The molecule has 0 aliphatic carbocycles. The van der Waals surface area contributed by atoms with Crippen LogP contribution >= 0.6 is 34.5 Å². The van der Waals surface area contributed by atoms with Crippen molar-refractivity contribution in [1.82, 2.24) is 15.8 Å². The van der Waals surface area contributed by atoms with E-state index in [0.29, 0.717) is 20.6 Å². The maximum Gasteiger partial charge on any atom is 0.134 e. The molecule has 1 aromatic heterocycles. The van der Waals surface area contributed by atoms with Gasteiger partial charge in [0.15, 0.2) is 0 Å². The quantitative estimate of drug-likeness (QED) is 0.770. The normalized spacial score (nSPS) is 24.1. The SMILES string of the molecule is CC1NNC(C)C1/C=C(/C#N)c1nc(-c2ccc(Cl)cc2Cl)cs1. The summed E-state index contributed by atoms with van der Waals surface area (Å²) < 4.78 is 0. The summed E-state index contributed by atoms with van der Waals surface area (Å²) in [6, 6.07) is 8.10. The number of aromatic nitrogens is 1. The number of allylic oxidation sites excluding steroid dienone is 1. The summed E-state index contributed by atoms with van der Waals surface area (Å²) in [5.41, 5.74) is 8.54. The summed E-state index contributed by atoms with van der Waals surface area (Å²) in [7, 11) is 0. The Labute approximate surface area is 155 Å². The highest BCUT2D eigenvalue weighted by molar-refractivity contribution is 7.11. The van der Waals surface area contributed by atoms with Gasteiger partial charge in [-0.1, -0.05) is 29.3 Å². The lowest BCUT2D eigenvalue weighted by atomic mass is 9.94. The Balaban J connectivity index is 1.92. The van der Waals surface area contributed by atoms with Gasteiger partial charge >= 0.3 is 0 Å². The first kappa shape index (κ1) is 17.4. The Morgan fingerprint density at radius 2 is 2.00 bits per heavy atom. The highest BCUT2D eigenvalue weighted by Crippen LogP contribution is 2.33. The highest BCUT2D eigenvalue weighted by Gasteiger charge is 2.28. The minimum atomic E-state index is 0.228. The summed E-state index contributed by atoms with van der Waals surface area (Å²) in [5.74, 6) is 0.228. The lowest BCUT2D eigenvalue weighted by Gasteiger charge is -2.13. The van der Waals surface area contributed by atoms with Crippen LogP contribution in [0.1, 0.15) is 18.9 Å². The molecule has 24 heavy (non-hydrogen) atoms. The second kappa shape index (κ2) is 7.22. The average molecular weight is 379 g/mol. The molecule has 1 aliphatic heterocycles. The molecule has 2 aromatic rings. The summed E-state index contributed by atoms with van der Waals surface area (Å²) >= 11 is 13.6. The number of hydrazine groups is 1. The number of benzene rings is 1. The van der Waals surface area contributed by atoms with Crippen molar-refractivity contribution in [2.75, 3.05) is 0 Å². The molecule has 2 N–H and O–H groups in total. The van der Waals surface area contributed by atoms with Crippen LogP contribution in [0.25, 0.3) is 16.8 Å². The smallest absolute Gasteiger partial charge is 0.134 e. The van der Waals surface area contributed by atoms with Gasteiger partial charge in [-0.25, -0.2) is 4.98 Å². The van der Waals surface area contributed by atoms with E-state index >= 15 is 0 Å². The van der Waals surface area contributed by atoms with Gasteiger partial charge in [-0.05, 0) is 32.0 Å². The Kier molecular flexibility index (Phi) is 5.24. The van der Waals surface area contributed by atoms with Gasteiger partial charge in [0.25, 0.3) is 0 Å². The number of nitriles is 1. The van der Waals surface area contributed by atoms with E-state index in [4.69, 9.17) is 23.2 Å². The molecular weight excluding hydrogens is 363 g/mol. The van der Waals surface area contributed by atoms with Gasteiger partial charge in [-0.2, -0.15) is 5.26 Å². The molecule has 0 bridgehead atoms. The topological polar surface area (TPSA) is 60.7 Å². The van der Waals surface area contributed by atoms with E-state index in [-0.39, 0.29) is 18.0 Å². The molecule has 4 nitrogen and oxygen atoms in total. The molecule has 1 saturated heterocycles. The van der Waals surface area contributed by atoms with E-state index in [1.807, 2.05) is 17.5 Å². The van der Waals surface area contributed by atoms with Crippen molar-refractivity contribution in [2.24, 2.45) is 5.92 Å². The Bertz CT molecular complexity index is 814. The first-order chi connectivity index (χ1) is 11.5. The van der Waals surface area contributed by atoms with Crippen molar-refractivity contribution in [3.05, 3.63) is 44.7 Å². The van der Waals surface area contributed by atoms with Gasteiger partial charge in [0.05, 0.1) is 16.3 Å². The van der Waals surface area contributed by atoms with Crippen molar-refractivity contribution in [3.63, 3.8) is 0 Å². The molecule has 2 atom stereocenters. The molecule has 2 unspecified atom stereocenters. The van der Waals surface area contributed by atoms with Crippen molar-refractivity contribution in [3.8, 4) is 17.3 Å². The largest absolute Gasteiger partial charge is 0.254 e. The zero-order chi connectivity index (χ0) is 17.3. The molecule has 7 heteroatoms. The zero-order valence-corrected chi connectivity index (χ0v) is 15.5. The predicted molar refractivity (Wildman–Crippen MR) is 99.8 cm³/mol. The first-order valence-electron chi connectivity index (χ1n) is 7.54. The fourth-order valence-electron chi connectivity index (χ4n) is 2.74. The second-order valence-electron chi connectivity index (χ2n) is 5.80. The van der Waals surface area contributed by atoms with E-state index in [1.54, 1.807) is 12.1 Å². The van der Waals surface area contributed by atoms with Crippen LogP contribution in [0, 0.1) is 17.2 Å². The summed E-state index contributed by atoms with van der Waals surface area (Å²) in [6.45, 7) is 4.18. The van der Waals surface area contributed by atoms with Crippen LogP contribution in [0.2, 0.25) is 10.0 Å². The first-order valence-corrected chi connectivity index (χ1v) is 9.17. The van der Waals surface area contributed by atoms with E-state index in [9.17, 15) is 5.26 Å². The molecule has 2 heterocycles. The Hall–Kier alpha value is -1.42. The summed E-state index contributed by atoms with van der Waals surface area (Å²) in [5, 5.41) is 13.3. The number of halogens is 2. The van der Waals surface area contributed by atoms with Crippen molar-refractivity contribution in [2.45, 2.75) is 25.9 Å². The highest BCUT2D eigenvalue weighted by atomic mass is 35.5. The van der Waals surface area contributed by atoms with Gasteiger partial charge in [-0.3, -0.25) is 10.9 Å². The lowest BCUT2D eigenvalue weighted by Crippen LogP contribution is -2.30. The minimum absolute atomic E-state index is 0.228. The number of nitrogens with one attached hydrogen (secondary N) is 2. The van der Waals surface area contributed by atoms with Crippen molar-refractivity contribution < 1.29 is 0 Å². The van der Waals surface area contributed by atoms with Crippen LogP contribution in [-0.2, 0) is 0 Å². The fourth-order valence-corrected chi connectivity index (χ4v) is 4.04. The number of hydrogen-bond donors (Lipinski definition) is 2. The van der Waals surface area contributed by atoms with E-state index in [2.05, 4.69) is 35.8 Å². The predicted octanol–water partition coefficient (Wildman–Crippen LogP) is 4.52. The second-order valence-corrected chi connectivity index (χ2v) is 7.50. The molecule has 3 rings (SSSR count). The van der Waals surface area contributed by atoms with Gasteiger partial charge in [0, 0.05) is 34.0 Å². The van der Waals surface area contributed by atoms with E-state index in [1.165, 1.54) is 11.3 Å². The molecule has 124 valence electrons. The average Bonchev–Trinajstić information content (AvgIpc) is 3.14. The molecule has 0 radical (unpaired) electrons. The summed E-state index contributed by atoms with van der Waals surface area (Å²) in [6.07, 6.45) is 1.99. The van der Waals surface area contributed by atoms with E-state index in [0.717, 1.165) is 11.3 Å². The van der Waals surface area contributed by atoms with Crippen LogP contribution in [0.4, 0.5) is 0 Å². The van der Waals surface area contributed by atoms with Crippen LogP contribution < -0.4 is 10.9 Å². The monoisotopic (exact) mass is 378 g/mol. The molecule has 1 aromatic carbocycles. The maximum atomic E-state index is 9.55. The molecule has 0 amide bonds. The maximum absolute atomic E-state index is 9.55. The number of hydrogen-bond acceptors (Lipinski definition) is 5. The fraction of sp³-hybridized carbons (Fsp3) is 0.294. The standard InChI is InChI=1S/C17H16Cl2N4S/c1-9-14(10(2)23-22-9)5-11(7-20)17-21-16(8-24-17)13-4-3-12(18)6-15(13)19/h3-6,8-10,14,22-23H,1-2H3/b11-5-. The molecule has 0 saturated carbocycles. The van der Waals surface area contributed by atoms with Gasteiger partial charge in [0.1, 0.15) is 11.1 Å².